The molecule has 1 aromatic rings. The van der Waals surface area contributed by atoms with Crippen LogP contribution in [0.25, 0.3) is 0 Å². The Kier molecular flexibility index (Phi) is 13.3. The average Bonchev–Trinajstić information content (AvgIpc) is 3.74. The summed E-state index contributed by atoms with van der Waals surface area (Å²) in [6.07, 6.45) is 15.1. The second kappa shape index (κ2) is 17.8. The van der Waals surface area contributed by atoms with E-state index >= 15 is 0 Å². The second-order valence-electron chi connectivity index (χ2n) is 13.6. The highest BCUT2D eigenvalue weighted by molar-refractivity contribution is 5.97. The molecule has 11 nitrogen and oxygen atoms in total. The fourth-order valence-electron chi connectivity index (χ4n) is 7.41. The van der Waals surface area contributed by atoms with Crippen molar-refractivity contribution in [3.8, 4) is 11.5 Å². The van der Waals surface area contributed by atoms with E-state index in [9.17, 15) is 14.4 Å². The average molecular weight is 658 g/mol. The molecule has 3 aliphatic heterocycles. The van der Waals surface area contributed by atoms with Gasteiger partial charge in [-0.15, -0.1) is 0 Å². The molecule has 1 aliphatic carbocycles. The van der Waals surface area contributed by atoms with Crippen molar-refractivity contribution in [2.45, 2.75) is 127 Å². The van der Waals surface area contributed by atoms with E-state index in [4.69, 9.17) is 23.7 Å². The first-order chi connectivity index (χ1) is 22.9. The van der Waals surface area contributed by atoms with Crippen molar-refractivity contribution in [1.82, 2.24) is 15.1 Å². The van der Waals surface area contributed by atoms with Crippen LogP contribution < -0.4 is 14.8 Å². The fourth-order valence-corrected chi connectivity index (χ4v) is 7.41. The number of benzene rings is 1. The topological polar surface area (TPSA) is 116 Å². The van der Waals surface area contributed by atoms with Crippen molar-refractivity contribution in [2.24, 2.45) is 0 Å². The van der Waals surface area contributed by atoms with Crippen LogP contribution in [0.4, 0.5) is 9.59 Å². The first-order valence-corrected chi connectivity index (χ1v) is 18.1. The quantitative estimate of drug-likeness (QED) is 0.124. The van der Waals surface area contributed by atoms with E-state index in [1.807, 2.05) is 6.07 Å². The largest absolute Gasteiger partial charge is 0.497 e. The number of methoxy groups -OCH3 is 2. The predicted octanol–water partition coefficient (Wildman–Crippen LogP) is 6.77. The zero-order valence-electron chi connectivity index (χ0n) is 28.5. The third kappa shape index (κ3) is 10.1. The van der Waals surface area contributed by atoms with Crippen LogP contribution >= 0.6 is 0 Å². The van der Waals surface area contributed by atoms with Crippen molar-refractivity contribution in [2.75, 3.05) is 46.9 Å². The smallest absolute Gasteiger partial charge is 0.410 e. The Bertz CT molecular complexity index is 1170. The summed E-state index contributed by atoms with van der Waals surface area (Å²) in [5.74, 6) is 0.877. The minimum Gasteiger partial charge on any atom is -0.497 e. The maximum absolute atomic E-state index is 12.5. The molecular formula is C36H55N3O8. The second-order valence-corrected chi connectivity index (χ2v) is 13.6. The first kappa shape index (κ1) is 35.1. The van der Waals surface area contributed by atoms with Gasteiger partial charge in [0.2, 0.25) is 0 Å². The number of esters is 1. The predicted molar refractivity (Wildman–Crippen MR) is 177 cm³/mol. The number of likely N-dealkylation sites (tertiary alicyclic amines) is 2. The van der Waals surface area contributed by atoms with E-state index < -0.39 is 0 Å². The van der Waals surface area contributed by atoms with Crippen molar-refractivity contribution in [3.05, 3.63) is 23.3 Å². The van der Waals surface area contributed by atoms with Gasteiger partial charge in [-0.1, -0.05) is 32.1 Å². The molecule has 0 radical (unpaired) electrons. The molecule has 0 bridgehead atoms. The molecule has 1 N–H and O–H groups in total. The van der Waals surface area contributed by atoms with Gasteiger partial charge in [-0.2, -0.15) is 0 Å². The highest BCUT2D eigenvalue weighted by Gasteiger charge is 2.35. The molecule has 1 atom stereocenters. The molecule has 0 unspecified atom stereocenters. The molecule has 1 aromatic carbocycles. The first-order valence-electron chi connectivity index (χ1n) is 18.1. The highest BCUT2D eigenvalue weighted by Crippen LogP contribution is 2.41. The molecule has 0 spiro atoms. The minimum atomic E-state index is -0.310. The number of nitrogens with one attached hydrogen (secondary N) is 1. The van der Waals surface area contributed by atoms with E-state index in [1.165, 1.54) is 32.1 Å². The van der Waals surface area contributed by atoms with Crippen LogP contribution in [0.15, 0.2) is 12.1 Å². The van der Waals surface area contributed by atoms with Crippen molar-refractivity contribution in [1.29, 1.82) is 0 Å². The third-order valence-corrected chi connectivity index (χ3v) is 10.2. The minimum absolute atomic E-state index is 0.0675. The van der Waals surface area contributed by atoms with Gasteiger partial charge < -0.3 is 38.8 Å². The Morgan fingerprint density at radius 2 is 1.45 bits per heavy atom. The summed E-state index contributed by atoms with van der Waals surface area (Å²) in [4.78, 5) is 41.5. The number of rotatable bonds is 15. The third-order valence-electron chi connectivity index (χ3n) is 10.2. The number of piperidine rings is 1. The van der Waals surface area contributed by atoms with Gasteiger partial charge in [0.15, 0.2) is 0 Å². The molecule has 47 heavy (non-hydrogen) atoms. The lowest BCUT2D eigenvalue weighted by Gasteiger charge is -2.33. The number of ether oxygens (including phenoxy) is 5. The van der Waals surface area contributed by atoms with Crippen molar-refractivity contribution < 1.29 is 38.1 Å². The number of nitrogens with zero attached hydrogens (tertiary/aromatic N) is 2. The molecule has 0 aromatic heterocycles. The lowest BCUT2D eigenvalue weighted by atomic mass is 9.95. The number of carbonyl (C=O) groups is 3. The summed E-state index contributed by atoms with van der Waals surface area (Å²) < 4.78 is 27.8. The summed E-state index contributed by atoms with van der Waals surface area (Å²) in [5, 5.41) is 3.09. The summed E-state index contributed by atoms with van der Waals surface area (Å²) >= 11 is 0. The van der Waals surface area contributed by atoms with Crippen LogP contribution in [0, 0.1) is 0 Å². The molecular weight excluding hydrogens is 602 g/mol. The van der Waals surface area contributed by atoms with Crippen LogP contribution in [-0.2, 0) is 14.2 Å². The number of carbonyl (C=O) groups excluding carboxylic acids is 3. The number of unbranched alkanes of at least 4 members (excludes halogenated alkanes) is 6. The normalized spacial score (nSPS) is 23.2. The molecule has 1 saturated carbocycles. The Balaban J connectivity index is 0.852. The molecule has 3 heterocycles. The molecule has 2 amide bonds. The summed E-state index contributed by atoms with van der Waals surface area (Å²) in [6.45, 7) is 4.72. The zero-order valence-corrected chi connectivity index (χ0v) is 28.5. The van der Waals surface area contributed by atoms with Crippen LogP contribution in [0.5, 0.6) is 11.5 Å². The number of amides is 2. The van der Waals surface area contributed by atoms with Gasteiger partial charge in [0.25, 0.3) is 0 Å². The van der Waals surface area contributed by atoms with E-state index in [2.05, 4.69) is 10.2 Å². The van der Waals surface area contributed by atoms with Gasteiger partial charge in [-0.25, -0.2) is 14.4 Å². The van der Waals surface area contributed by atoms with Gasteiger partial charge in [0.1, 0.15) is 35.4 Å². The SMILES string of the molecule is COc1cc(OC)c2c(c1)[C@@H](CCCCCCCCCN1CCC(NC(=O)OC3CCC(OC(=O)N4CCCC4)CC3)CC1)OC2=O. The van der Waals surface area contributed by atoms with E-state index in [1.54, 1.807) is 25.2 Å². The Labute approximate surface area is 279 Å². The fraction of sp³-hybridized carbons (Fsp3) is 0.750. The van der Waals surface area contributed by atoms with Crippen LogP contribution in [0.1, 0.15) is 125 Å². The zero-order chi connectivity index (χ0) is 33.0. The van der Waals surface area contributed by atoms with E-state index in [0.717, 1.165) is 109 Å². The number of alkyl carbamates (subject to hydrolysis) is 1. The molecule has 262 valence electrons. The molecule has 5 rings (SSSR count). The van der Waals surface area contributed by atoms with E-state index in [0.29, 0.717) is 17.1 Å². The summed E-state index contributed by atoms with van der Waals surface area (Å²) in [7, 11) is 3.17. The van der Waals surface area contributed by atoms with Crippen LogP contribution in [0.2, 0.25) is 0 Å². The summed E-state index contributed by atoms with van der Waals surface area (Å²) in [6, 6.07) is 3.79. The molecule has 4 aliphatic rings. The number of hydrogen-bond donors (Lipinski definition) is 1. The summed E-state index contributed by atoms with van der Waals surface area (Å²) in [5.41, 5.74) is 1.41. The number of cyclic esters (lactones) is 1. The van der Waals surface area contributed by atoms with E-state index in [-0.39, 0.29) is 42.5 Å². The number of fused-ring (bicyclic) bond motifs is 1. The lowest BCUT2D eigenvalue weighted by molar-refractivity contribution is 0.0102. The van der Waals surface area contributed by atoms with Crippen molar-refractivity contribution >= 4 is 18.2 Å². The maximum atomic E-state index is 12.5. The Morgan fingerprint density at radius 3 is 2.11 bits per heavy atom. The maximum Gasteiger partial charge on any atom is 0.410 e. The van der Waals surface area contributed by atoms with Gasteiger partial charge in [0, 0.05) is 43.9 Å². The van der Waals surface area contributed by atoms with Crippen LogP contribution in [0.3, 0.4) is 0 Å². The Hall–Kier alpha value is -3.21. The molecule has 2 saturated heterocycles. The molecule has 11 heteroatoms. The molecule has 3 fully saturated rings. The van der Waals surface area contributed by atoms with Crippen LogP contribution in [-0.4, -0.2) is 93.1 Å². The van der Waals surface area contributed by atoms with Gasteiger partial charge >= 0.3 is 18.2 Å². The number of hydrogen-bond acceptors (Lipinski definition) is 9. The standard InChI is InChI=1S/C36H55N3O8/c1-43-29-24-30-31(47-34(40)33(30)32(25-29)44-2)12-8-6-4-3-5-7-9-19-38-22-17-26(18-23-38)37-35(41)45-27-13-15-28(16-14-27)46-36(42)39-20-10-11-21-39/h24-28,31H,3-23H2,1-2H3,(H,37,41)/t27?,28?,31-/m1/s1. The van der Waals surface area contributed by atoms with Gasteiger partial charge in [-0.3, -0.25) is 0 Å². The highest BCUT2D eigenvalue weighted by atomic mass is 16.6. The Morgan fingerprint density at radius 1 is 0.809 bits per heavy atom. The lowest BCUT2D eigenvalue weighted by Crippen LogP contribution is -2.46. The van der Waals surface area contributed by atoms with Gasteiger partial charge in [0.05, 0.1) is 14.2 Å². The monoisotopic (exact) mass is 657 g/mol. The van der Waals surface area contributed by atoms with Gasteiger partial charge in [-0.05, 0) is 83.2 Å². The van der Waals surface area contributed by atoms with Crippen molar-refractivity contribution in [3.63, 3.8) is 0 Å².